The van der Waals surface area contributed by atoms with Crippen LogP contribution in [0.5, 0.6) is 5.75 Å². The van der Waals surface area contributed by atoms with E-state index in [0.717, 1.165) is 24.0 Å². The third-order valence-electron chi connectivity index (χ3n) is 5.81. The SMILES string of the molecule is C/C=C/C(c1cc(C(C)(C)CC(C)(C)C)c(O)c(C(C)(C)CC(C)(C)C)c1)N(C)C. The molecule has 0 aliphatic rings. The average Bonchev–Trinajstić information content (AvgIpc) is 2.47. The molecule has 172 valence electrons. The zero-order chi connectivity index (χ0) is 23.7. The summed E-state index contributed by atoms with van der Waals surface area (Å²) in [6.45, 7) is 24.9. The lowest BCUT2D eigenvalue weighted by Crippen LogP contribution is -2.29. The van der Waals surface area contributed by atoms with Gasteiger partial charge >= 0.3 is 0 Å². The summed E-state index contributed by atoms with van der Waals surface area (Å²) in [6, 6.07) is 4.69. The molecule has 1 unspecified atom stereocenters. The van der Waals surface area contributed by atoms with Gasteiger partial charge in [0.25, 0.3) is 0 Å². The molecule has 2 nitrogen and oxygen atoms in total. The van der Waals surface area contributed by atoms with Gasteiger partial charge in [-0.25, -0.2) is 0 Å². The molecule has 0 amide bonds. The summed E-state index contributed by atoms with van der Waals surface area (Å²) in [5.74, 6) is 0.486. The average molecular weight is 416 g/mol. The highest BCUT2D eigenvalue weighted by Gasteiger charge is 2.36. The molecule has 0 spiro atoms. The van der Waals surface area contributed by atoms with E-state index >= 15 is 0 Å². The molecule has 1 aromatic carbocycles. The minimum atomic E-state index is -0.127. The van der Waals surface area contributed by atoms with Gasteiger partial charge in [-0.05, 0) is 73.2 Å². The van der Waals surface area contributed by atoms with Crippen molar-refractivity contribution in [3.8, 4) is 5.75 Å². The summed E-state index contributed by atoms with van der Waals surface area (Å²) >= 11 is 0. The molecule has 30 heavy (non-hydrogen) atoms. The molecular formula is C28H49NO. The molecule has 0 aliphatic carbocycles. The van der Waals surface area contributed by atoms with Crippen LogP contribution in [-0.2, 0) is 10.8 Å². The van der Waals surface area contributed by atoms with Gasteiger partial charge in [0.1, 0.15) is 5.75 Å². The van der Waals surface area contributed by atoms with Gasteiger partial charge < -0.3 is 5.11 Å². The van der Waals surface area contributed by atoms with Crippen molar-refractivity contribution in [2.75, 3.05) is 14.1 Å². The molecule has 0 fully saturated rings. The van der Waals surface area contributed by atoms with Crippen LogP contribution < -0.4 is 0 Å². The Morgan fingerprint density at radius 2 is 1.17 bits per heavy atom. The van der Waals surface area contributed by atoms with Crippen LogP contribution in [0.4, 0.5) is 0 Å². The van der Waals surface area contributed by atoms with Crippen molar-refractivity contribution in [3.05, 3.63) is 41.0 Å². The second kappa shape index (κ2) is 9.07. The van der Waals surface area contributed by atoms with Crippen LogP contribution in [0.15, 0.2) is 24.3 Å². The first-order chi connectivity index (χ1) is 13.3. The van der Waals surface area contributed by atoms with E-state index in [0.29, 0.717) is 5.75 Å². The Morgan fingerprint density at radius 1 is 0.800 bits per heavy atom. The van der Waals surface area contributed by atoms with E-state index in [2.05, 4.69) is 119 Å². The summed E-state index contributed by atoms with van der Waals surface area (Å²) in [7, 11) is 4.24. The van der Waals surface area contributed by atoms with Crippen molar-refractivity contribution in [1.82, 2.24) is 4.90 Å². The molecule has 0 saturated carbocycles. The lowest BCUT2D eigenvalue weighted by Gasteiger charge is -2.38. The number of benzene rings is 1. The molecular weight excluding hydrogens is 366 g/mol. The van der Waals surface area contributed by atoms with Crippen LogP contribution in [0, 0.1) is 10.8 Å². The lowest BCUT2D eigenvalue weighted by molar-refractivity contribution is 0.266. The minimum Gasteiger partial charge on any atom is -0.507 e. The molecule has 1 aromatic rings. The van der Waals surface area contributed by atoms with Crippen molar-refractivity contribution in [1.29, 1.82) is 0 Å². The zero-order valence-electron chi connectivity index (χ0n) is 22.2. The Kier molecular flexibility index (Phi) is 8.09. The summed E-state index contributed by atoms with van der Waals surface area (Å²) in [5.41, 5.74) is 3.50. The van der Waals surface area contributed by atoms with Gasteiger partial charge in [-0.15, -0.1) is 0 Å². The highest BCUT2D eigenvalue weighted by Crippen LogP contribution is 2.47. The number of rotatable bonds is 7. The quantitative estimate of drug-likeness (QED) is 0.456. The van der Waals surface area contributed by atoms with Gasteiger partial charge in [-0.1, -0.05) is 81.4 Å². The maximum atomic E-state index is 11.6. The van der Waals surface area contributed by atoms with Crippen LogP contribution in [-0.4, -0.2) is 24.1 Å². The van der Waals surface area contributed by atoms with Crippen molar-refractivity contribution < 1.29 is 5.11 Å². The number of phenolic OH excluding ortho intramolecular Hbond substituents is 1. The van der Waals surface area contributed by atoms with E-state index in [4.69, 9.17) is 0 Å². The molecule has 0 aromatic heterocycles. The number of phenols is 1. The minimum absolute atomic E-state index is 0.127. The van der Waals surface area contributed by atoms with Crippen molar-refractivity contribution >= 4 is 0 Å². The molecule has 2 heteroatoms. The second-order valence-corrected chi connectivity index (χ2v) is 13.1. The maximum Gasteiger partial charge on any atom is 0.123 e. The molecule has 0 bridgehead atoms. The largest absolute Gasteiger partial charge is 0.507 e. The van der Waals surface area contributed by atoms with E-state index < -0.39 is 0 Å². The van der Waals surface area contributed by atoms with Crippen LogP contribution in [0.2, 0.25) is 0 Å². The molecule has 0 radical (unpaired) electrons. The number of hydrogen-bond donors (Lipinski definition) is 1. The fourth-order valence-electron chi connectivity index (χ4n) is 5.47. The van der Waals surface area contributed by atoms with Gasteiger partial charge in [0.05, 0.1) is 6.04 Å². The Hall–Kier alpha value is -1.28. The van der Waals surface area contributed by atoms with E-state index in [1.54, 1.807) is 0 Å². The highest BCUT2D eigenvalue weighted by atomic mass is 16.3. The van der Waals surface area contributed by atoms with E-state index in [9.17, 15) is 5.11 Å². The number of hydrogen-bond acceptors (Lipinski definition) is 2. The Bertz CT molecular complexity index is 690. The van der Waals surface area contributed by atoms with E-state index in [1.807, 2.05) is 0 Å². The van der Waals surface area contributed by atoms with Gasteiger partial charge in [-0.3, -0.25) is 4.90 Å². The molecule has 1 N–H and O–H groups in total. The van der Waals surface area contributed by atoms with Crippen LogP contribution in [0.25, 0.3) is 0 Å². The Balaban J connectivity index is 3.83. The fraction of sp³-hybridized carbons (Fsp3) is 0.714. The predicted molar refractivity (Wildman–Crippen MR) is 134 cm³/mol. The zero-order valence-corrected chi connectivity index (χ0v) is 22.2. The third-order valence-corrected chi connectivity index (χ3v) is 5.81. The smallest absolute Gasteiger partial charge is 0.123 e. The number of likely N-dealkylation sites (N-methyl/N-ethyl adjacent to an activating group) is 1. The summed E-state index contributed by atoms with van der Waals surface area (Å²) < 4.78 is 0. The first kappa shape index (κ1) is 26.8. The first-order valence-electron chi connectivity index (χ1n) is 11.5. The molecule has 1 rings (SSSR count). The number of nitrogens with zero attached hydrogens (tertiary/aromatic N) is 1. The molecule has 0 aliphatic heterocycles. The van der Waals surface area contributed by atoms with Gasteiger partial charge in [0.15, 0.2) is 0 Å². The van der Waals surface area contributed by atoms with Gasteiger partial charge in [0, 0.05) is 11.1 Å². The van der Waals surface area contributed by atoms with E-state index in [-0.39, 0.29) is 27.7 Å². The normalized spacial score (nSPS) is 15.3. The lowest BCUT2D eigenvalue weighted by atomic mass is 9.67. The first-order valence-corrected chi connectivity index (χ1v) is 11.5. The predicted octanol–water partition coefficient (Wildman–Crippen LogP) is 8.00. The summed E-state index contributed by atoms with van der Waals surface area (Å²) in [4.78, 5) is 2.24. The maximum absolute atomic E-state index is 11.6. The standard InChI is InChI=1S/C28H49NO/c1-14-15-23(29(12)13)20-16-21(27(8,9)18-25(2,3)4)24(30)22(17-20)28(10,11)19-26(5,6)7/h14-17,23,30H,18-19H2,1-13H3/b15-14+. The van der Waals surface area contributed by atoms with E-state index in [1.165, 1.54) is 5.56 Å². The Morgan fingerprint density at radius 3 is 1.43 bits per heavy atom. The van der Waals surface area contributed by atoms with Gasteiger partial charge in [0.2, 0.25) is 0 Å². The molecule has 0 saturated heterocycles. The summed E-state index contributed by atoms with van der Waals surface area (Å²) in [5, 5.41) is 11.6. The molecule has 0 heterocycles. The van der Waals surface area contributed by atoms with Crippen molar-refractivity contribution in [2.24, 2.45) is 10.8 Å². The summed E-state index contributed by atoms with van der Waals surface area (Å²) in [6.07, 6.45) is 6.38. The highest BCUT2D eigenvalue weighted by molar-refractivity contribution is 5.51. The molecule has 1 atom stereocenters. The Labute approximate surface area is 187 Å². The van der Waals surface area contributed by atoms with Crippen LogP contribution in [0.1, 0.15) is 112 Å². The second-order valence-electron chi connectivity index (χ2n) is 13.1. The van der Waals surface area contributed by atoms with Crippen molar-refractivity contribution in [3.63, 3.8) is 0 Å². The van der Waals surface area contributed by atoms with Gasteiger partial charge in [-0.2, -0.15) is 0 Å². The fourth-order valence-corrected chi connectivity index (χ4v) is 5.47. The van der Waals surface area contributed by atoms with Crippen molar-refractivity contribution in [2.45, 2.75) is 106 Å². The van der Waals surface area contributed by atoms with Crippen LogP contribution in [0.3, 0.4) is 0 Å². The monoisotopic (exact) mass is 415 g/mol. The van der Waals surface area contributed by atoms with Crippen LogP contribution >= 0.6 is 0 Å². The number of aromatic hydroxyl groups is 1. The number of allylic oxidation sites excluding steroid dienone is 1. The topological polar surface area (TPSA) is 23.5 Å². The third kappa shape index (κ3) is 7.15.